The van der Waals surface area contributed by atoms with Gasteiger partial charge in [0, 0.05) is 6.07 Å². The minimum Gasteiger partial charge on any atom is -0.504 e. The SMILES string of the molecule is COc1c(O[C@H]2O[C@@H](CO)[C@H](O)[C@H](O)[C@@H]2O)cc2occ(-c3ccc4c(c3)OCO4)c(=O)c2c1O. The van der Waals surface area contributed by atoms with Gasteiger partial charge in [0.2, 0.25) is 24.3 Å². The Hall–Kier alpha value is -3.55. The standard InChI is InChI=1S/C23H22O12/c1-30-22-14(34-23-21(29)20(28)18(26)15(6-24)35-23)5-13-16(19(22)27)17(25)10(7-31-13)9-2-3-11-12(4-9)33-8-32-11/h2-5,7,15,18,20-21,23-24,26-29H,6,8H2,1H3/t15-,18-,20-,21-,23-/m0/s1. The number of aliphatic hydroxyl groups is 4. The molecule has 2 aromatic carbocycles. The molecular formula is C23H22O12. The van der Waals surface area contributed by atoms with E-state index in [1.165, 1.54) is 19.4 Å². The lowest BCUT2D eigenvalue weighted by Gasteiger charge is -2.39. The number of phenolic OH excluding ortho intramolecular Hbond substituents is 1. The molecule has 1 aromatic heterocycles. The van der Waals surface area contributed by atoms with Crippen LogP contribution in [0, 0.1) is 0 Å². The largest absolute Gasteiger partial charge is 0.504 e. The molecule has 2 aliphatic heterocycles. The van der Waals surface area contributed by atoms with Gasteiger partial charge in [-0.2, -0.15) is 0 Å². The zero-order chi connectivity index (χ0) is 24.9. The number of aromatic hydroxyl groups is 1. The average molecular weight is 490 g/mol. The van der Waals surface area contributed by atoms with Crippen LogP contribution in [0.2, 0.25) is 0 Å². The number of hydrogen-bond acceptors (Lipinski definition) is 12. The Balaban J connectivity index is 1.55. The normalized spacial score (nSPS) is 25.6. The van der Waals surface area contributed by atoms with E-state index in [0.29, 0.717) is 17.1 Å². The zero-order valence-electron chi connectivity index (χ0n) is 18.3. The van der Waals surface area contributed by atoms with Gasteiger partial charge in [-0.25, -0.2) is 0 Å². The molecule has 3 aromatic rings. The Morgan fingerprint density at radius 3 is 2.57 bits per heavy atom. The minimum atomic E-state index is -1.70. The third-order valence-corrected chi connectivity index (χ3v) is 5.94. The Kier molecular flexibility index (Phi) is 5.91. The number of rotatable bonds is 5. The number of aliphatic hydroxyl groups excluding tert-OH is 4. The molecule has 0 saturated carbocycles. The molecule has 0 aliphatic carbocycles. The van der Waals surface area contributed by atoms with Crippen molar-refractivity contribution in [3.8, 4) is 39.9 Å². The molecule has 5 atom stereocenters. The van der Waals surface area contributed by atoms with E-state index in [1.807, 2.05) is 0 Å². The minimum absolute atomic E-state index is 0.0580. The van der Waals surface area contributed by atoms with Crippen molar-refractivity contribution in [1.82, 2.24) is 0 Å². The van der Waals surface area contributed by atoms with Crippen molar-refractivity contribution in [2.24, 2.45) is 0 Å². The van der Waals surface area contributed by atoms with Crippen molar-refractivity contribution >= 4 is 11.0 Å². The van der Waals surface area contributed by atoms with E-state index in [4.69, 9.17) is 28.1 Å². The summed E-state index contributed by atoms with van der Waals surface area (Å²) in [5, 5.41) is 50.3. The van der Waals surface area contributed by atoms with Crippen LogP contribution in [-0.4, -0.2) is 76.7 Å². The molecule has 35 heavy (non-hydrogen) atoms. The molecule has 0 radical (unpaired) electrons. The van der Waals surface area contributed by atoms with Crippen LogP contribution in [0.5, 0.6) is 28.7 Å². The molecule has 0 unspecified atom stereocenters. The van der Waals surface area contributed by atoms with Gasteiger partial charge in [0.1, 0.15) is 41.6 Å². The summed E-state index contributed by atoms with van der Waals surface area (Å²) in [4.78, 5) is 13.3. The summed E-state index contributed by atoms with van der Waals surface area (Å²) in [6, 6.07) is 6.17. The highest BCUT2D eigenvalue weighted by Crippen LogP contribution is 2.43. The Bertz CT molecular complexity index is 1320. The van der Waals surface area contributed by atoms with Crippen molar-refractivity contribution in [2.75, 3.05) is 20.5 Å². The first-order chi connectivity index (χ1) is 16.8. The van der Waals surface area contributed by atoms with Crippen LogP contribution in [0.4, 0.5) is 0 Å². The number of hydrogen-bond donors (Lipinski definition) is 5. The van der Waals surface area contributed by atoms with E-state index in [-0.39, 0.29) is 34.8 Å². The third kappa shape index (κ3) is 3.81. The molecule has 0 spiro atoms. The van der Waals surface area contributed by atoms with Crippen molar-refractivity contribution < 1.29 is 53.6 Å². The van der Waals surface area contributed by atoms with Gasteiger partial charge >= 0.3 is 0 Å². The summed E-state index contributed by atoms with van der Waals surface area (Å²) in [5.74, 6) is -0.0168. The predicted octanol–water partition coefficient (Wildman–Crippen LogP) is 0.0816. The Morgan fingerprint density at radius 1 is 1.06 bits per heavy atom. The molecule has 0 amide bonds. The number of fused-ring (bicyclic) bond motifs is 2. The maximum atomic E-state index is 13.3. The summed E-state index contributed by atoms with van der Waals surface area (Å²) >= 11 is 0. The van der Waals surface area contributed by atoms with Gasteiger partial charge in [0.05, 0.1) is 19.3 Å². The molecule has 2 aliphatic rings. The fourth-order valence-electron chi connectivity index (χ4n) is 4.06. The second-order valence-corrected chi connectivity index (χ2v) is 7.99. The first kappa shape index (κ1) is 23.2. The van der Waals surface area contributed by atoms with Gasteiger partial charge in [-0.05, 0) is 17.7 Å². The van der Waals surface area contributed by atoms with E-state index in [9.17, 15) is 30.3 Å². The fourth-order valence-corrected chi connectivity index (χ4v) is 4.06. The van der Waals surface area contributed by atoms with E-state index >= 15 is 0 Å². The highest BCUT2D eigenvalue weighted by molar-refractivity contribution is 5.91. The number of methoxy groups -OCH3 is 1. The van der Waals surface area contributed by atoms with Crippen LogP contribution in [0.25, 0.3) is 22.1 Å². The number of benzene rings is 2. The molecule has 12 nitrogen and oxygen atoms in total. The first-order valence-electron chi connectivity index (χ1n) is 10.6. The maximum absolute atomic E-state index is 13.3. The molecule has 5 N–H and O–H groups in total. The van der Waals surface area contributed by atoms with E-state index < -0.39 is 48.5 Å². The summed E-state index contributed by atoms with van der Waals surface area (Å²) in [6.07, 6.45) is -6.49. The van der Waals surface area contributed by atoms with Crippen LogP contribution in [0.15, 0.2) is 39.7 Å². The monoisotopic (exact) mass is 490 g/mol. The number of ether oxygens (including phenoxy) is 5. The molecule has 186 valence electrons. The van der Waals surface area contributed by atoms with Crippen molar-refractivity contribution in [3.63, 3.8) is 0 Å². The van der Waals surface area contributed by atoms with Gasteiger partial charge < -0.3 is 53.6 Å². The second-order valence-electron chi connectivity index (χ2n) is 7.99. The van der Waals surface area contributed by atoms with Crippen LogP contribution < -0.4 is 24.4 Å². The van der Waals surface area contributed by atoms with Crippen molar-refractivity contribution in [3.05, 3.63) is 40.8 Å². The van der Waals surface area contributed by atoms with Crippen LogP contribution in [0.3, 0.4) is 0 Å². The summed E-state index contributed by atoms with van der Waals surface area (Å²) in [7, 11) is 1.23. The molecule has 1 saturated heterocycles. The number of phenols is 1. The Morgan fingerprint density at radius 2 is 1.83 bits per heavy atom. The molecule has 1 fully saturated rings. The van der Waals surface area contributed by atoms with Gasteiger partial charge in [-0.15, -0.1) is 0 Å². The van der Waals surface area contributed by atoms with Crippen LogP contribution >= 0.6 is 0 Å². The van der Waals surface area contributed by atoms with Crippen molar-refractivity contribution in [2.45, 2.75) is 30.7 Å². The van der Waals surface area contributed by atoms with Crippen molar-refractivity contribution in [1.29, 1.82) is 0 Å². The Labute approximate surface area is 197 Å². The van der Waals surface area contributed by atoms with Gasteiger partial charge in [0.15, 0.2) is 23.0 Å². The van der Waals surface area contributed by atoms with Crippen LogP contribution in [-0.2, 0) is 4.74 Å². The lowest BCUT2D eigenvalue weighted by atomic mass is 9.99. The average Bonchev–Trinajstić information content (AvgIpc) is 3.32. The van der Waals surface area contributed by atoms with E-state index in [1.54, 1.807) is 18.2 Å². The van der Waals surface area contributed by atoms with Gasteiger partial charge in [-0.1, -0.05) is 6.07 Å². The second kappa shape index (κ2) is 8.91. The third-order valence-electron chi connectivity index (χ3n) is 5.94. The zero-order valence-corrected chi connectivity index (χ0v) is 18.3. The summed E-state index contributed by atoms with van der Waals surface area (Å²) in [5.41, 5.74) is 0.0124. The van der Waals surface area contributed by atoms with Crippen LogP contribution in [0.1, 0.15) is 0 Å². The lowest BCUT2D eigenvalue weighted by Crippen LogP contribution is -2.60. The lowest BCUT2D eigenvalue weighted by molar-refractivity contribution is -0.277. The summed E-state index contributed by atoms with van der Waals surface area (Å²) < 4.78 is 32.4. The predicted molar refractivity (Wildman–Crippen MR) is 117 cm³/mol. The molecule has 5 rings (SSSR count). The summed E-state index contributed by atoms with van der Waals surface area (Å²) in [6.45, 7) is -0.581. The molecule has 12 heteroatoms. The highest BCUT2D eigenvalue weighted by Gasteiger charge is 2.45. The van der Waals surface area contributed by atoms with E-state index in [0.717, 1.165) is 0 Å². The van der Waals surface area contributed by atoms with Gasteiger partial charge in [0.25, 0.3) is 0 Å². The molecular weight excluding hydrogens is 468 g/mol. The van der Waals surface area contributed by atoms with Gasteiger partial charge in [-0.3, -0.25) is 4.79 Å². The molecule has 0 bridgehead atoms. The topological polar surface area (TPSA) is 178 Å². The smallest absolute Gasteiger partial charge is 0.231 e. The van der Waals surface area contributed by atoms with E-state index in [2.05, 4.69) is 0 Å². The maximum Gasteiger partial charge on any atom is 0.231 e. The molecule has 3 heterocycles. The first-order valence-corrected chi connectivity index (χ1v) is 10.6. The quantitative estimate of drug-likeness (QED) is 0.326. The fraction of sp³-hybridized carbons (Fsp3) is 0.348. The highest BCUT2D eigenvalue weighted by atomic mass is 16.7.